The van der Waals surface area contributed by atoms with E-state index in [1.54, 1.807) is 12.1 Å². The summed E-state index contributed by atoms with van der Waals surface area (Å²) in [5.41, 5.74) is 3.50. The van der Waals surface area contributed by atoms with Crippen LogP contribution in [0.3, 0.4) is 0 Å². The van der Waals surface area contributed by atoms with Crippen LogP contribution in [0.15, 0.2) is 55.1 Å². The Labute approximate surface area is 129 Å². The van der Waals surface area contributed by atoms with Crippen LogP contribution < -0.4 is 4.74 Å². The lowest BCUT2D eigenvalue weighted by atomic mass is 10.0. The third kappa shape index (κ3) is 4.15. The third-order valence-electron chi connectivity index (χ3n) is 3.25. The molecule has 4 heteroatoms. The van der Waals surface area contributed by atoms with Crippen LogP contribution in [0.5, 0.6) is 5.75 Å². The molecule has 0 N–H and O–H groups in total. The first-order valence-electron chi connectivity index (χ1n) is 6.91. The van der Waals surface area contributed by atoms with Gasteiger partial charge in [0.05, 0.1) is 6.61 Å². The van der Waals surface area contributed by atoms with Gasteiger partial charge in [-0.25, -0.2) is 0 Å². The predicted molar refractivity (Wildman–Crippen MR) is 83.1 cm³/mol. The molecule has 0 unspecified atom stereocenters. The smallest absolute Gasteiger partial charge is 0.387 e. The third-order valence-corrected chi connectivity index (χ3v) is 3.25. The van der Waals surface area contributed by atoms with Crippen LogP contribution in [0.4, 0.5) is 8.78 Å². The van der Waals surface area contributed by atoms with Gasteiger partial charge in [0.2, 0.25) is 0 Å². The van der Waals surface area contributed by atoms with E-state index in [1.807, 2.05) is 36.4 Å². The second-order valence-electron chi connectivity index (χ2n) is 4.82. The summed E-state index contributed by atoms with van der Waals surface area (Å²) in [6.07, 6.45) is 2.63. The largest absolute Gasteiger partial charge is 0.434 e. The molecule has 0 aromatic heterocycles. The SMILES string of the molecule is C=CCc1ccc(-c2ccc(COC)c(OC(F)F)c2)cc1. The molecule has 0 radical (unpaired) electrons. The van der Waals surface area contributed by atoms with E-state index >= 15 is 0 Å². The van der Waals surface area contributed by atoms with Crippen molar-refractivity contribution in [3.8, 4) is 16.9 Å². The van der Waals surface area contributed by atoms with Crippen molar-refractivity contribution in [3.63, 3.8) is 0 Å². The molecule has 0 aliphatic heterocycles. The van der Waals surface area contributed by atoms with Crippen molar-refractivity contribution >= 4 is 0 Å². The fraction of sp³-hybridized carbons (Fsp3) is 0.222. The van der Waals surface area contributed by atoms with Crippen molar-refractivity contribution < 1.29 is 18.3 Å². The van der Waals surface area contributed by atoms with E-state index in [4.69, 9.17) is 4.74 Å². The van der Waals surface area contributed by atoms with E-state index in [1.165, 1.54) is 7.11 Å². The number of allylic oxidation sites excluding steroid dienone is 1. The van der Waals surface area contributed by atoms with Gasteiger partial charge in [-0.1, -0.05) is 42.5 Å². The van der Waals surface area contributed by atoms with E-state index in [-0.39, 0.29) is 12.4 Å². The Balaban J connectivity index is 2.32. The van der Waals surface area contributed by atoms with Gasteiger partial charge in [0.25, 0.3) is 0 Å². The highest BCUT2D eigenvalue weighted by atomic mass is 19.3. The molecule has 0 bridgehead atoms. The molecule has 0 atom stereocenters. The number of hydrogen-bond acceptors (Lipinski definition) is 2. The number of methoxy groups -OCH3 is 1. The van der Waals surface area contributed by atoms with Gasteiger partial charge in [-0.15, -0.1) is 6.58 Å². The summed E-state index contributed by atoms with van der Waals surface area (Å²) in [7, 11) is 1.51. The number of benzene rings is 2. The first-order valence-corrected chi connectivity index (χ1v) is 6.91. The zero-order chi connectivity index (χ0) is 15.9. The zero-order valence-corrected chi connectivity index (χ0v) is 12.4. The van der Waals surface area contributed by atoms with Gasteiger partial charge >= 0.3 is 6.61 Å². The van der Waals surface area contributed by atoms with Gasteiger partial charge in [0.1, 0.15) is 5.75 Å². The van der Waals surface area contributed by atoms with E-state index < -0.39 is 6.61 Å². The maximum absolute atomic E-state index is 12.5. The van der Waals surface area contributed by atoms with E-state index in [2.05, 4.69) is 11.3 Å². The number of hydrogen-bond donors (Lipinski definition) is 0. The molecule has 22 heavy (non-hydrogen) atoms. The van der Waals surface area contributed by atoms with E-state index in [9.17, 15) is 8.78 Å². The summed E-state index contributed by atoms with van der Waals surface area (Å²) in [5.74, 6) is 0.143. The number of rotatable bonds is 7. The summed E-state index contributed by atoms with van der Waals surface area (Å²) in [4.78, 5) is 0. The van der Waals surface area contributed by atoms with Gasteiger partial charge in [-0.05, 0) is 29.2 Å². The summed E-state index contributed by atoms with van der Waals surface area (Å²) < 4.78 is 34.7. The van der Waals surface area contributed by atoms with Crippen molar-refractivity contribution in [2.75, 3.05) is 7.11 Å². The normalized spacial score (nSPS) is 10.7. The highest BCUT2D eigenvalue weighted by molar-refractivity contribution is 5.66. The summed E-state index contributed by atoms with van der Waals surface area (Å²) in [6, 6.07) is 13.1. The molecule has 0 amide bonds. The lowest BCUT2D eigenvalue weighted by molar-refractivity contribution is -0.0511. The number of alkyl halides is 2. The highest BCUT2D eigenvalue weighted by Gasteiger charge is 2.11. The standard InChI is InChI=1S/C18H18F2O2/c1-3-4-13-5-7-14(8-6-13)15-9-10-16(12-21-2)17(11-15)22-18(19)20/h3,5-11,18H,1,4,12H2,2H3. The number of ether oxygens (including phenoxy) is 2. The minimum Gasteiger partial charge on any atom is -0.434 e. The fourth-order valence-corrected chi connectivity index (χ4v) is 2.21. The van der Waals surface area contributed by atoms with Crippen molar-refractivity contribution in [1.29, 1.82) is 0 Å². The number of halogens is 2. The van der Waals surface area contributed by atoms with Gasteiger partial charge in [-0.2, -0.15) is 8.78 Å². The van der Waals surface area contributed by atoms with Crippen LogP contribution in [0.1, 0.15) is 11.1 Å². The van der Waals surface area contributed by atoms with Crippen LogP contribution in [0.25, 0.3) is 11.1 Å². The van der Waals surface area contributed by atoms with Crippen LogP contribution in [-0.4, -0.2) is 13.7 Å². The Morgan fingerprint density at radius 2 is 1.77 bits per heavy atom. The van der Waals surface area contributed by atoms with Gasteiger partial charge < -0.3 is 9.47 Å². The Bertz CT molecular complexity index is 621. The fourth-order valence-electron chi connectivity index (χ4n) is 2.21. The lowest BCUT2D eigenvalue weighted by Crippen LogP contribution is -2.05. The van der Waals surface area contributed by atoms with Crippen LogP contribution in [0, 0.1) is 0 Å². The molecule has 0 saturated heterocycles. The highest BCUT2D eigenvalue weighted by Crippen LogP contribution is 2.29. The van der Waals surface area contributed by atoms with E-state index in [0.29, 0.717) is 5.56 Å². The van der Waals surface area contributed by atoms with Crippen LogP contribution >= 0.6 is 0 Å². The first-order chi connectivity index (χ1) is 10.6. The maximum atomic E-state index is 12.5. The van der Waals surface area contributed by atoms with Crippen LogP contribution in [0.2, 0.25) is 0 Å². The van der Waals surface area contributed by atoms with Crippen LogP contribution in [-0.2, 0) is 17.8 Å². The molecule has 0 aliphatic carbocycles. The summed E-state index contributed by atoms with van der Waals surface area (Å²) in [5, 5.41) is 0. The Kier molecular flexibility index (Phi) is 5.67. The minimum atomic E-state index is -2.86. The summed E-state index contributed by atoms with van der Waals surface area (Å²) >= 11 is 0. The second kappa shape index (κ2) is 7.71. The van der Waals surface area contributed by atoms with Crippen molar-refractivity contribution in [2.45, 2.75) is 19.6 Å². The average Bonchev–Trinajstić information content (AvgIpc) is 2.50. The van der Waals surface area contributed by atoms with Gasteiger partial charge in [0, 0.05) is 12.7 Å². The molecule has 0 aliphatic rings. The average molecular weight is 304 g/mol. The van der Waals surface area contributed by atoms with Crippen molar-refractivity contribution in [1.82, 2.24) is 0 Å². The molecular formula is C18H18F2O2. The molecule has 0 heterocycles. The van der Waals surface area contributed by atoms with Gasteiger partial charge in [-0.3, -0.25) is 0 Å². The first kappa shape index (κ1) is 16.2. The Hall–Kier alpha value is -2.20. The summed E-state index contributed by atoms with van der Waals surface area (Å²) in [6.45, 7) is 1.07. The molecule has 2 aromatic carbocycles. The zero-order valence-electron chi connectivity index (χ0n) is 12.4. The molecule has 2 rings (SSSR count). The van der Waals surface area contributed by atoms with Crippen molar-refractivity contribution in [3.05, 3.63) is 66.2 Å². The monoisotopic (exact) mass is 304 g/mol. The predicted octanol–water partition coefficient (Wildman–Crippen LogP) is 4.83. The molecule has 0 spiro atoms. The second-order valence-corrected chi connectivity index (χ2v) is 4.82. The Morgan fingerprint density at radius 1 is 1.09 bits per heavy atom. The molecule has 0 fully saturated rings. The Morgan fingerprint density at radius 3 is 2.36 bits per heavy atom. The lowest BCUT2D eigenvalue weighted by Gasteiger charge is -2.12. The molecule has 2 aromatic rings. The van der Waals surface area contributed by atoms with E-state index in [0.717, 1.165) is 23.1 Å². The van der Waals surface area contributed by atoms with Gasteiger partial charge in [0.15, 0.2) is 0 Å². The maximum Gasteiger partial charge on any atom is 0.387 e. The molecular weight excluding hydrogens is 286 g/mol. The molecule has 2 nitrogen and oxygen atoms in total. The van der Waals surface area contributed by atoms with Crippen molar-refractivity contribution in [2.24, 2.45) is 0 Å². The molecule has 0 saturated carbocycles. The minimum absolute atomic E-state index is 0.143. The quantitative estimate of drug-likeness (QED) is 0.682. The topological polar surface area (TPSA) is 18.5 Å². The molecule has 116 valence electrons.